The van der Waals surface area contributed by atoms with Crippen LogP contribution >= 0.6 is 11.6 Å². The van der Waals surface area contributed by atoms with Crippen LogP contribution in [0.1, 0.15) is 15.9 Å². The van der Waals surface area contributed by atoms with Crippen molar-refractivity contribution in [3.8, 4) is 23.3 Å². The highest BCUT2D eigenvalue weighted by Crippen LogP contribution is 2.34. The predicted molar refractivity (Wildman–Crippen MR) is 76.2 cm³/mol. The molecule has 21 heavy (non-hydrogen) atoms. The van der Waals surface area contributed by atoms with Gasteiger partial charge in [0.1, 0.15) is 11.8 Å². The quantitative estimate of drug-likeness (QED) is 0.931. The standard InChI is InChI=1S/C15H10ClNO4/c1-20-14-7-9(15(18)19)2-4-13(14)21-12-5-3-11(16)6-10(12)8-17/h2-7H,1H3,(H,18,19). The molecule has 0 unspecified atom stereocenters. The van der Waals surface area contributed by atoms with Crippen molar-refractivity contribution in [1.82, 2.24) is 0 Å². The molecule has 5 nitrogen and oxygen atoms in total. The van der Waals surface area contributed by atoms with Gasteiger partial charge in [-0.3, -0.25) is 0 Å². The molecule has 1 N–H and O–H groups in total. The maximum Gasteiger partial charge on any atom is 0.335 e. The lowest BCUT2D eigenvalue weighted by Crippen LogP contribution is -1.98. The third-order valence-electron chi connectivity index (χ3n) is 2.69. The van der Waals surface area contributed by atoms with Gasteiger partial charge >= 0.3 is 5.97 Å². The van der Waals surface area contributed by atoms with Gasteiger partial charge in [0, 0.05) is 5.02 Å². The summed E-state index contributed by atoms with van der Waals surface area (Å²) in [4.78, 5) is 10.9. The summed E-state index contributed by atoms with van der Waals surface area (Å²) in [5, 5.41) is 18.4. The lowest BCUT2D eigenvalue weighted by molar-refractivity contribution is 0.0696. The number of carboxylic acid groups (broad SMARTS) is 1. The second-order valence-corrected chi connectivity index (χ2v) is 4.46. The molecule has 0 aliphatic carbocycles. The minimum atomic E-state index is -1.07. The Morgan fingerprint density at radius 2 is 1.90 bits per heavy atom. The summed E-state index contributed by atoms with van der Waals surface area (Å²) in [6, 6.07) is 10.8. The van der Waals surface area contributed by atoms with Crippen LogP contribution in [0.15, 0.2) is 36.4 Å². The van der Waals surface area contributed by atoms with E-state index in [-0.39, 0.29) is 16.9 Å². The minimum absolute atomic E-state index is 0.0795. The van der Waals surface area contributed by atoms with Crippen molar-refractivity contribution >= 4 is 17.6 Å². The topological polar surface area (TPSA) is 79.6 Å². The smallest absolute Gasteiger partial charge is 0.335 e. The highest BCUT2D eigenvalue weighted by Gasteiger charge is 2.12. The van der Waals surface area contributed by atoms with E-state index in [1.165, 1.54) is 31.4 Å². The highest BCUT2D eigenvalue weighted by molar-refractivity contribution is 6.30. The molecule has 0 saturated carbocycles. The van der Waals surface area contributed by atoms with Gasteiger partial charge in [-0.25, -0.2) is 4.79 Å². The van der Waals surface area contributed by atoms with Crippen LogP contribution in [0.5, 0.6) is 17.2 Å². The van der Waals surface area contributed by atoms with Crippen LogP contribution in [0, 0.1) is 11.3 Å². The number of benzene rings is 2. The zero-order valence-electron chi connectivity index (χ0n) is 11.0. The van der Waals surface area contributed by atoms with Gasteiger partial charge in [0.05, 0.1) is 18.2 Å². The number of carbonyl (C=O) groups is 1. The molecule has 0 atom stereocenters. The summed E-state index contributed by atoms with van der Waals surface area (Å²) in [7, 11) is 1.40. The van der Waals surface area contributed by atoms with E-state index in [2.05, 4.69) is 0 Å². The SMILES string of the molecule is COc1cc(C(=O)O)ccc1Oc1ccc(Cl)cc1C#N. The number of nitrogens with zero attached hydrogens (tertiary/aromatic N) is 1. The summed E-state index contributed by atoms with van der Waals surface area (Å²) >= 11 is 5.82. The molecule has 0 bridgehead atoms. The summed E-state index contributed by atoms with van der Waals surface area (Å²) in [6.45, 7) is 0. The third-order valence-corrected chi connectivity index (χ3v) is 2.93. The molecule has 0 saturated heterocycles. The van der Waals surface area contributed by atoms with Gasteiger partial charge in [0.2, 0.25) is 0 Å². The molecule has 0 amide bonds. The van der Waals surface area contributed by atoms with Gasteiger partial charge in [-0.1, -0.05) is 11.6 Å². The van der Waals surface area contributed by atoms with Crippen LogP contribution in [0.3, 0.4) is 0 Å². The summed E-state index contributed by atoms with van der Waals surface area (Å²) in [5.74, 6) is -0.192. The van der Waals surface area contributed by atoms with Gasteiger partial charge in [0.15, 0.2) is 11.5 Å². The van der Waals surface area contributed by atoms with E-state index in [1.807, 2.05) is 6.07 Å². The van der Waals surface area contributed by atoms with Crippen molar-refractivity contribution in [1.29, 1.82) is 5.26 Å². The monoisotopic (exact) mass is 303 g/mol. The molecule has 106 valence electrons. The maximum absolute atomic E-state index is 10.9. The van der Waals surface area contributed by atoms with Crippen molar-refractivity contribution in [2.24, 2.45) is 0 Å². The number of carboxylic acids is 1. The molecule has 6 heteroatoms. The molecule has 2 rings (SSSR count). The van der Waals surface area contributed by atoms with Crippen LogP contribution in [0.4, 0.5) is 0 Å². The van der Waals surface area contributed by atoms with Gasteiger partial charge in [-0.15, -0.1) is 0 Å². The lowest BCUT2D eigenvalue weighted by Gasteiger charge is -2.12. The first-order chi connectivity index (χ1) is 10.0. The van der Waals surface area contributed by atoms with E-state index >= 15 is 0 Å². The van der Waals surface area contributed by atoms with Crippen molar-refractivity contribution in [3.05, 3.63) is 52.5 Å². The Labute approximate surface area is 125 Å². The second kappa shape index (κ2) is 6.16. The fraction of sp³-hybridized carbons (Fsp3) is 0.0667. The van der Waals surface area contributed by atoms with Crippen LogP contribution in [-0.4, -0.2) is 18.2 Å². The first-order valence-corrected chi connectivity index (χ1v) is 6.21. The van der Waals surface area contributed by atoms with E-state index in [4.69, 9.17) is 31.4 Å². The van der Waals surface area contributed by atoms with Crippen LogP contribution < -0.4 is 9.47 Å². The molecular weight excluding hydrogens is 294 g/mol. The highest BCUT2D eigenvalue weighted by atomic mass is 35.5. The van der Waals surface area contributed by atoms with Crippen LogP contribution in [0.25, 0.3) is 0 Å². The average Bonchev–Trinajstić information content (AvgIpc) is 2.49. The van der Waals surface area contributed by atoms with Gasteiger partial charge in [0.25, 0.3) is 0 Å². The Balaban J connectivity index is 2.40. The first kappa shape index (κ1) is 14.7. The summed E-state index contributed by atoms with van der Waals surface area (Å²) < 4.78 is 10.7. The van der Waals surface area contributed by atoms with Crippen molar-refractivity contribution < 1.29 is 19.4 Å². The number of halogens is 1. The van der Waals surface area contributed by atoms with Crippen molar-refractivity contribution in [2.75, 3.05) is 7.11 Å². The molecule has 0 aliphatic rings. The molecular formula is C15H10ClNO4. The van der Waals surface area contributed by atoms with Gasteiger partial charge < -0.3 is 14.6 Å². The largest absolute Gasteiger partial charge is 0.493 e. The second-order valence-electron chi connectivity index (χ2n) is 4.03. The number of rotatable bonds is 4. The zero-order chi connectivity index (χ0) is 15.4. The Hall–Kier alpha value is -2.71. The Kier molecular flexibility index (Phi) is 4.31. The fourth-order valence-corrected chi connectivity index (χ4v) is 1.85. The first-order valence-electron chi connectivity index (χ1n) is 5.84. The zero-order valence-corrected chi connectivity index (χ0v) is 11.7. The predicted octanol–water partition coefficient (Wildman–Crippen LogP) is 3.71. The van der Waals surface area contributed by atoms with E-state index in [0.29, 0.717) is 16.5 Å². The molecule has 2 aromatic rings. The Morgan fingerprint density at radius 1 is 1.19 bits per heavy atom. The number of hydrogen-bond donors (Lipinski definition) is 1. The van der Waals surface area contributed by atoms with E-state index in [9.17, 15) is 4.79 Å². The summed E-state index contributed by atoms with van der Waals surface area (Å²) in [6.07, 6.45) is 0. The molecule has 2 aromatic carbocycles. The number of hydrogen-bond acceptors (Lipinski definition) is 4. The number of ether oxygens (including phenoxy) is 2. The fourth-order valence-electron chi connectivity index (χ4n) is 1.68. The van der Waals surface area contributed by atoms with Gasteiger partial charge in [-0.2, -0.15) is 5.26 Å². The van der Waals surface area contributed by atoms with E-state index in [0.717, 1.165) is 0 Å². The van der Waals surface area contributed by atoms with Crippen molar-refractivity contribution in [2.45, 2.75) is 0 Å². The summed E-state index contributed by atoms with van der Waals surface area (Å²) in [5.41, 5.74) is 0.350. The van der Waals surface area contributed by atoms with Crippen LogP contribution in [0.2, 0.25) is 5.02 Å². The lowest BCUT2D eigenvalue weighted by atomic mass is 10.2. The Bertz CT molecular complexity index is 737. The van der Waals surface area contributed by atoms with Gasteiger partial charge in [-0.05, 0) is 36.4 Å². The molecule has 0 aliphatic heterocycles. The van der Waals surface area contributed by atoms with E-state index < -0.39 is 5.97 Å². The van der Waals surface area contributed by atoms with E-state index in [1.54, 1.807) is 12.1 Å². The molecule has 0 aromatic heterocycles. The van der Waals surface area contributed by atoms with Crippen LogP contribution in [-0.2, 0) is 0 Å². The minimum Gasteiger partial charge on any atom is -0.493 e. The Morgan fingerprint density at radius 3 is 2.52 bits per heavy atom. The molecule has 0 radical (unpaired) electrons. The average molecular weight is 304 g/mol. The number of aromatic carboxylic acids is 1. The van der Waals surface area contributed by atoms with Crippen molar-refractivity contribution in [3.63, 3.8) is 0 Å². The number of nitriles is 1. The molecule has 0 heterocycles. The number of methoxy groups -OCH3 is 1. The maximum atomic E-state index is 10.9. The normalized spacial score (nSPS) is 9.76. The third kappa shape index (κ3) is 3.25. The molecule has 0 spiro atoms. The molecule has 0 fully saturated rings.